The van der Waals surface area contributed by atoms with Gasteiger partial charge in [0.25, 0.3) is 0 Å². The zero-order chi connectivity index (χ0) is 30.2. The van der Waals surface area contributed by atoms with Crippen LogP contribution in [-0.2, 0) is 33.9 Å². The molecule has 8 heteroatoms. The van der Waals surface area contributed by atoms with Gasteiger partial charge in [-0.05, 0) is 71.6 Å². The maximum atomic E-state index is 13.2. The molecule has 4 unspecified atom stereocenters. The first-order valence-corrected chi connectivity index (χ1v) is 15.6. The summed E-state index contributed by atoms with van der Waals surface area (Å²) in [4.78, 5) is 58.3. The molecule has 0 saturated heterocycles. The zero-order valence-electron chi connectivity index (χ0n) is 26.2. The lowest BCUT2D eigenvalue weighted by Gasteiger charge is -2.36. The van der Waals surface area contributed by atoms with Gasteiger partial charge in [0.1, 0.15) is 11.2 Å². The van der Waals surface area contributed by atoms with Crippen LogP contribution < -0.4 is 0 Å². The van der Waals surface area contributed by atoms with Gasteiger partial charge in [-0.25, -0.2) is 9.59 Å². The maximum absolute atomic E-state index is 13.2. The largest absolute Gasteiger partial charge is 0.481 e. The molecule has 0 spiro atoms. The van der Waals surface area contributed by atoms with Crippen LogP contribution in [0.1, 0.15) is 138 Å². The third kappa shape index (κ3) is 13.6. The second-order valence-electron chi connectivity index (χ2n) is 12.5. The molecular weight excluding hydrogens is 512 g/mol. The van der Waals surface area contributed by atoms with Crippen molar-refractivity contribution in [2.24, 2.45) is 23.7 Å². The highest BCUT2D eigenvalue weighted by molar-refractivity contribution is 5.82. The molecule has 0 bridgehead atoms. The van der Waals surface area contributed by atoms with E-state index < -0.39 is 35.0 Å². The van der Waals surface area contributed by atoms with Crippen molar-refractivity contribution in [3.05, 3.63) is 12.2 Å². The lowest BCUT2D eigenvalue weighted by atomic mass is 9.67. The van der Waals surface area contributed by atoms with Crippen LogP contribution in [0.2, 0.25) is 0 Å². The number of unbranched alkanes of at least 4 members (excludes halogenated alkanes) is 7. The summed E-state index contributed by atoms with van der Waals surface area (Å²) in [6.07, 6.45) is 15.8. The molecule has 40 heavy (non-hydrogen) atoms. The Bertz CT molecular complexity index is 788. The molecule has 4 atom stereocenters. The summed E-state index contributed by atoms with van der Waals surface area (Å²) in [6.45, 7) is 13.5. The molecule has 0 radical (unpaired) electrons. The van der Waals surface area contributed by atoms with Gasteiger partial charge in [-0.1, -0.05) is 84.3 Å². The van der Waals surface area contributed by atoms with E-state index >= 15 is 0 Å². The number of aliphatic carboxylic acids is 1. The second kappa shape index (κ2) is 18.5. The van der Waals surface area contributed by atoms with Crippen molar-refractivity contribution in [2.45, 2.75) is 150 Å². The summed E-state index contributed by atoms with van der Waals surface area (Å²) in [5.74, 6) is -3.85. The molecule has 0 aromatic carbocycles. The van der Waals surface area contributed by atoms with Gasteiger partial charge in [-0.3, -0.25) is 14.6 Å². The van der Waals surface area contributed by atoms with Crippen molar-refractivity contribution < 1.29 is 39.0 Å². The maximum Gasteiger partial charge on any atom is 0.346 e. The molecule has 1 rings (SSSR count). The fourth-order valence-electron chi connectivity index (χ4n) is 4.78. The Hall–Kier alpha value is -1.93. The van der Waals surface area contributed by atoms with E-state index in [1.807, 2.05) is 53.7 Å². The molecule has 0 heterocycles. The van der Waals surface area contributed by atoms with Crippen LogP contribution in [0.25, 0.3) is 0 Å². The third-order valence-corrected chi connectivity index (χ3v) is 8.19. The smallest absolute Gasteiger partial charge is 0.346 e. The molecule has 0 aliphatic heterocycles. The number of rotatable bonds is 21. The van der Waals surface area contributed by atoms with Crippen LogP contribution in [0.3, 0.4) is 0 Å². The predicted molar refractivity (Wildman–Crippen MR) is 155 cm³/mol. The number of carbonyl (C=O) groups is 3. The van der Waals surface area contributed by atoms with E-state index in [4.69, 9.17) is 19.6 Å². The third-order valence-electron chi connectivity index (χ3n) is 8.19. The van der Waals surface area contributed by atoms with Crippen LogP contribution in [-0.4, -0.2) is 34.2 Å². The van der Waals surface area contributed by atoms with Crippen molar-refractivity contribution in [1.29, 1.82) is 0 Å². The van der Waals surface area contributed by atoms with Crippen molar-refractivity contribution in [1.82, 2.24) is 0 Å². The summed E-state index contributed by atoms with van der Waals surface area (Å²) in [6, 6.07) is 0. The number of hydrogen-bond acceptors (Lipinski definition) is 7. The Labute approximate surface area is 242 Å². The number of carboxylic acids is 1. The summed E-state index contributed by atoms with van der Waals surface area (Å²) < 4.78 is 0. The molecular formula is C32H56O8. The van der Waals surface area contributed by atoms with Gasteiger partial charge in [0.05, 0.1) is 11.8 Å². The van der Waals surface area contributed by atoms with Crippen LogP contribution >= 0.6 is 0 Å². The van der Waals surface area contributed by atoms with E-state index in [1.54, 1.807) is 0 Å². The number of allylic oxidation sites excluding steroid dienone is 2. The molecule has 1 N–H and O–H groups in total. The first-order chi connectivity index (χ1) is 18.9. The molecule has 0 aromatic rings. The zero-order valence-corrected chi connectivity index (χ0v) is 26.2. The van der Waals surface area contributed by atoms with Crippen LogP contribution in [0.4, 0.5) is 0 Å². The van der Waals surface area contributed by atoms with Gasteiger partial charge in [-0.15, -0.1) is 0 Å². The fraction of sp³-hybridized carbons (Fsp3) is 0.844. The highest BCUT2D eigenvalue weighted by Crippen LogP contribution is 2.40. The average molecular weight is 569 g/mol. The number of hydrogen-bond donors (Lipinski definition) is 1. The topological polar surface area (TPSA) is 108 Å². The Balaban J connectivity index is 2.59. The van der Waals surface area contributed by atoms with Gasteiger partial charge >= 0.3 is 17.9 Å². The molecule has 8 nitrogen and oxygen atoms in total. The molecule has 1 aliphatic rings. The molecule has 1 aliphatic carbocycles. The van der Waals surface area contributed by atoms with Crippen LogP contribution in [0.5, 0.6) is 0 Å². The van der Waals surface area contributed by atoms with E-state index in [0.717, 1.165) is 70.6 Å². The van der Waals surface area contributed by atoms with Gasteiger partial charge in [0.15, 0.2) is 0 Å². The normalized spacial score (nSPS) is 21.3. The summed E-state index contributed by atoms with van der Waals surface area (Å²) in [7, 11) is 0. The standard InChI is InChI=1S/C32H56O8/c1-8-11-16-19-25-23-22-24(27(29(34)35)28(25)30(36)38-40-32(6,7)10-3)20-17-14-12-13-15-18-21-26(33)37-39-31(4,5)9-2/h22-25,27-28H,8-21H2,1-7H3,(H,34,35). The van der Waals surface area contributed by atoms with Crippen molar-refractivity contribution >= 4 is 17.9 Å². The van der Waals surface area contributed by atoms with E-state index in [-0.39, 0.29) is 17.8 Å². The van der Waals surface area contributed by atoms with E-state index in [1.165, 1.54) is 0 Å². The predicted octanol–water partition coefficient (Wildman–Crippen LogP) is 8.13. The van der Waals surface area contributed by atoms with Gasteiger partial charge in [-0.2, -0.15) is 9.78 Å². The monoisotopic (exact) mass is 568 g/mol. The first-order valence-electron chi connectivity index (χ1n) is 15.6. The second-order valence-corrected chi connectivity index (χ2v) is 12.5. The van der Waals surface area contributed by atoms with Gasteiger partial charge in [0, 0.05) is 6.42 Å². The average Bonchev–Trinajstić information content (AvgIpc) is 2.92. The van der Waals surface area contributed by atoms with Crippen molar-refractivity contribution in [3.63, 3.8) is 0 Å². The Kier molecular flexibility index (Phi) is 16.7. The summed E-state index contributed by atoms with van der Waals surface area (Å²) >= 11 is 0. The molecule has 0 saturated carbocycles. The Morgan fingerprint density at radius 3 is 1.68 bits per heavy atom. The van der Waals surface area contributed by atoms with E-state index in [0.29, 0.717) is 19.3 Å². The minimum atomic E-state index is -0.954. The van der Waals surface area contributed by atoms with Gasteiger partial charge in [0.2, 0.25) is 0 Å². The Morgan fingerprint density at radius 1 is 0.675 bits per heavy atom. The quantitative estimate of drug-likeness (QED) is 0.0640. The number of carboxylic acid groups (broad SMARTS) is 1. The molecule has 0 aromatic heterocycles. The minimum absolute atomic E-state index is 0.171. The van der Waals surface area contributed by atoms with Crippen molar-refractivity contribution in [2.75, 3.05) is 0 Å². The molecule has 232 valence electrons. The summed E-state index contributed by atoms with van der Waals surface area (Å²) in [5.41, 5.74) is -1.10. The lowest BCUT2D eigenvalue weighted by molar-refractivity contribution is -0.329. The van der Waals surface area contributed by atoms with Crippen molar-refractivity contribution in [3.8, 4) is 0 Å². The molecule has 0 amide bonds. The SMILES string of the molecule is CCCCCC1C=CC(CCCCCCCCC(=O)OOC(C)(C)CC)C(C(=O)O)C1C(=O)OOC(C)(C)CC. The first kappa shape index (κ1) is 36.1. The summed E-state index contributed by atoms with van der Waals surface area (Å²) in [5, 5.41) is 10.2. The number of carbonyl (C=O) groups excluding carboxylic acids is 2. The van der Waals surface area contributed by atoms with Crippen LogP contribution in [0.15, 0.2) is 12.2 Å². The molecule has 0 fully saturated rings. The van der Waals surface area contributed by atoms with Gasteiger partial charge < -0.3 is 5.11 Å². The van der Waals surface area contributed by atoms with E-state index in [2.05, 4.69) is 6.92 Å². The fourth-order valence-corrected chi connectivity index (χ4v) is 4.78. The van der Waals surface area contributed by atoms with E-state index in [9.17, 15) is 19.5 Å². The minimum Gasteiger partial charge on any atom is -0.481 e. The lowest BCUT2D eigenvalue weighted by Crippen LogP contribution is -2.43. The van der Waals surface area contributed by atoms with Crippen LogP contribution in [0, 0.1) is 23.7 Å². The Morgan fingerprint density at radius 2 is 1.15 bits per heavy atom. The highest BCUT2D eigenvalue weighted by atomic mass is 17.2. The highest BCUT2D eigenvalue weighted by Gasteiger charge is 2.46.